The first-order valence-corrected chi connectivity index (χ1v) is 5.79. The molecular formula is C14H22. The van der Waals surface area contributed by atoms with Gasteiger partial charge in [-0.25, -0.2) is 0 Å². The van der Waals surface area contributed by atoms with Crippen LogP contribution in [-0.2, 0) is 0 Å². The lowest BCUT2D eigenvalue weighted by Crippen LogP contribution is -2.27. The first-order chi connectivity index (χ1) is 6.38. The third-order valence-corrected chi connectivity index (χ3v) is 4.81. The van der Waals surface area contributed by atoms with Crippen molar-refractivity contribution in [1.29, 1.82) is 0 Å². The van der Waals surface area contributed by atoms with Crippen molar-refractivity contribution in [2.45, 2.75) is 47.5 Å². The van der Waals surface area contributed by atoms with Crippen LogP contribution in [0, 0.1) is 16.7 Å². The summed E-state index contributed by atoms with van der Waals surface area (Å²) in [5, 5.41) is 0. The Balaban J connectivity index is 2.55. The molecule has 0 saturated carbocycles. The quantitative estimate of drug-likeness (QED) is 0.533. The third-order valence-electron chi connectivity index (χ3n) is 4.81. The van der Waals surface area contributed by atoms with E-state index in [1.54, 1.807) is 11.1 Å². The van der Waals surface area contributed by atoms with Crippen molar-refractivity contribution in [2.24, 2.45) is 16.7 Å². The average Bonchev–Trinajstić information content (AvgIpc) is 2.28. The van der Waals surface area contributed by atoms with Gasteiger partial charge in [0.15, 0.2) is 0 Å². The van der Waals surface area contributed by atoms with E-state index < -0.39 is 0 Å². The van der Waals surface area contributed by atoms with Gasteiger partial charge in [0.05, 0.1) is 0 Å². The second-order valence-electron chi connectivity index (χ2n) is 6.00. The highest BCUT2D eigenvalue weighted by atomic mass is 14.5. The van der Waals surface area contributed by atoms with E-state index in [2.05, 4.69) is 46.8 Å². The van der Waals surface area contributed by atoms with Gasteiger partial charge in [0, 0.05) is 0 Å². The second-order valence-corrected chi connectivity index (χ2v) is 6.00. The topological polar surface area (TPSA) is 0 Å². The van der Waals surface area contributed by atoms with Crippen LogP contribution in [-0.4, -0.2) is 0 Å². The molecule has 0 aliphatic heterocycles. The molecule has 1 unspecified atom stereocenters. The molecule has 14 heavy (non-hydrogen) atoms. The van der Waals surface area contributed by atoms with Crippen LogP contribution < -0.4 is 0 Å². The Bertz CT molecular complexity index is 313. The summed E-state index contributed by atoms with van der Waals surface area (Å²) in [5.41, 5.74) is 4.12. The van der Waals surface area contributed by atoms with Crippen LogP contribution in [0.2, 0.25) is 0 Å². The standard InChI is InChI=1S/C14H22/c1-10-13(2,3)11-8-6-7-9-12(11)14(10,4)5/h6,8,10H,7,9H2,1-5H3. The predicted molar refractivity (Wildman–Crippen MR) is 62.1 cm³/mol. The zero-order valence-electron chi connectivity index (χ0n) is 10.1. The molecule has 0 aromatic heterocycles. The molecular weight excluding hydrogens is 168 g/mol. The first-order valence-electron chi connectivity index (χ1n) is 5.79. The molecule has 0 radical (unpaired) electrons. The molecule has 0 amide bonds. The summed E-state index contributed by atoms with van der Waals surface area (Å²) < 4.78 is 0. The fourth-order valence-corrected chi connectivity index (χ4v) is 3.33. The molecule has 78 valence electrons. The molecule has 2 aliphatic rings. The van der Waals surface area contributed by atoms with Crippen molar-refractivity contribution >= 4 is 0 Å². The van der Waals surface area contributed by atoms with E-state index in [4.69, 9.17) is 0 Å². The zero-order valence-corrected chi connectivity index (χ0v) is 10.1. The molecule has 0 bridgehead atoms. The summed E-state index contributed by atoms with van der Waals surface area (Å²) in [6, 6.07) is 0. The molecule has 0 nitrogen and oxygen atoms in total. The minimum absolute atomic E-state index is 0.371. The van der Waals surface area contributed by atoms with Crippen LogP contribution in [0.25, 0.3) is 0 Å². The van der Waals surface area contributed by atoms with Gasteiger partial charge in [-0.2, -0.15) is 0 Å². The van der Waals surface area contributed by atoms with Crippen molar-refractivity contribution in [3.63, 3.8) is 0 Å². The van der Waals surface area contributed by atoms with E-state index in [0.29, 0.717) is 10.8 Å². The highest BCUT2D eigenvalue weighted by Crippen LogP contribution is 2.59. The highest BCUT2D eigenvalue weighted by molar-refractivity contribution is 5.43. The number of allylic oxidation sites excluding steroid dienone is 4. The lowest BCUT2D eigenvalue weighted by Gasteiger charge is -2.34. The number of hydrogen-bond acceptors (Lipinski definition) is 0. The first kappa shape index (κ1) is 10.0. The SMILES string of the molecule is CC1C(C)(C)C2=C(CCC=C2)C1(C)C. The van der Waals surface area contributed by atoms with Gasteiger partial charge in [0.2, 0.25) is 0 Å². The summed E-state index contributed by atoms with van der Waals surface area (Å²) in [7, 11) is 0. The van der Waals surface area contributed by atoms with Crippen molar-refractivity contribution in [3.8, 4) is 0 Å². The summed E-state index contributed by atoms with van der Waals surface area (Å²) in [5.74, 6) is 0.753. The molecule has 1 atom stereocenters. The van der Waals surface area contributed by atoms with Crippen LogP contribution in [0.5, 0.6) is 0 Å². The number of hydrogen-bond donors (Lipinski definition) is 0. The predicted octanol–water partition coefficient (Wildman–Crippen LogP) is 4.34. The maximum absolute atomic E-state index is 2.42. The van der Waals surface area contributed by atoms with Crippen LogP contribution >= 0.6 is 0 Å². The van der Waals surface area contributed by atoms with Crippen molar-refractivity contribution < 1.29 is 0 Å². The van der Waals surface area contributed by atoms with Gasteiger partial charge in [-0.3, -0.25) is 0 Å². The van der Waals surface area contributed by atoms with Crippen LogP contribution in [0.1, 0.15) is 47.5 Å². The lowest BCUT2D eigenvalue weighted by atomic mass is 9.69. The minimum Gasteiger partial charge on any atom is -0.0839 e. The van der Waals surface area contributed by atoms with E-state index in [1.807, 2.05) is 0 Å². The van der Waals surface area contributed by atoms with Gasteiger partial charge in [0.25, 0.3) is 0 Å². The van der Waals surface area contributed by atoms with E-state index in [9.17, 15) is 0 Å². The summed E-state index contributed by atoms with van der Waals surface area (Å²) in [6.45, 7) is 12.0. The molecule has 0 aromatic rings. The maximum Gasteiger partial charge on any atom is -0.00701 e. The fraction of sp³-hybridized carbons (Fsp3) is 0.714. The zero-order chi connectivity index (χ0) is 10.6. The van der Waals surface area contributed by atoms with Gasteiger partial charge in [-0.05, 0) is 35.2 Å². The van der Waals surface area contributed by atoms with Gasteiger partial charge < -0.3 is 0 Å². The maximum atomic E-state index is 2.42. The fourth-order valence-electron chi connectivity index (χ4n) is 3.33. The Morgan fingerprint density at radius 1 is 1.14 bits per heavy atom. The Kier molecular flexibility index (Phi) is 1.96. The molecule has 0 fully saturated rings. The average molecular weight is 190 g/mol. The monoisotopic (exact) mass is 190 g/mol. The lowest BCUT2D eigenvalue weighted by molar-refractivity contribution is 0.190. The largest absolute Gasteiger partial charge is 0.0839 e. The smallest absolute Gasteiger partial charge is 0.00701 e. The Morgan fingerprint density at radius 3 is 2.36 bits per heavy atom. The van der Waals surface area contributed by atoms with Gasteiger partial charge in [-0.15, -0.1) is 0 Å². The van der Waals surface area contributed by atoms with Crippen molar-refractivity contribution in [2.75, 3.05) is 0 Å². The third kappa shape index (κ3) is 1.06. The van der Waals surface area contributed by atoms with Gasteiger partial charge in [0.1, 0.15) is 0 Å². The van der Waals surface area contributed by atoms with Crippen LogP contribution in [0.4, 0.5) is 0 Å². The molecule has 0 N–H and O–H groups in total. The summed E-state index contributed by atoms with van der Waals surface area (Å²) >= 11 is 0. The Morgan fingerprint density at radius 2 is 1.79 bits per heavy atom. The molecule has 0 spiro atoms. The second kappa shape index (κ2) is 2.74. The van der Waals surface area contributed by atoms with E-state index in [0.717, 1.165) is 5.92 Å². The van der Waals surface area contributed by atoms with Gasteiger partial charge >= 0.3 is 0 Å². The van der Waals surface area contributed by atoms with E-state index >= 15 is 0 Å². The van der Waals surface area contributed by atoms with Crippen molar-refractivity contribution in [1.82, 2.24) is 0 Å². The molecule has 2 aliphatic carbocycles. The summed E-state index contributed by atoms with van der Waals surface area (Å²) in [6.07, 6.45) is 7.25. The Hall–Kier alpha value is -0.520. The molecule has 0 heterocycles. The molecule has 0 heteroatoms. The van der Waals surface area contributed by atoms with E-state index in [-0.39, 0.29) is 0 Å². The van der Waals surface area contributed by atoms with Gasteiger partial charge in [-0.1, -0.05) is 52.3 Å². The van der Waals surface area contributed by atoms with Crippen molar-refractivity contribution in [3.05, 3.63) is 23.3 Å². The molecule has 0 saturated heterocycles. The molecule has 0 aromatic carbocycles. The summed E-state index contributed by atoms with van der Waals surface area (Å²) in [4.78, 5) is 0. The number of rotatable bonds is 0. The Labute approximate surface area is 88.1 Å². The minimum atomic E-state index is 0.371. The normalized spacial score (nSPS) is 33.4. The molecule has 2 rings (SSSR count). The highest BCUT2D eigenvalue weighted by Gasteiger charge is 2.49. The van der Waals surface area contributed by atoms with Crippen LogP contribution in [0.3, 0.4) is 0 Å². The van der Waals surface area contributed by atoms with E-state index in [1.165, 1.54) is 12.8 Å². The van der Waals surface area contributed by atoms with Crippen LogP contribution in [0.15, 0.2) is 23.3 Å².